The second-order valence-electron chi connectivity index (χ2n) is 5.27. The predicted molar refractivity (Wildman–Crippen MR) is 94.0 cm³/mol. The van der Waals surface area contributed by atoms with Gasteiger partial charge in [-0.15, -0.1) is 11.3 Å². The molecule has 0 bridgehead atoms. The fourth-order valence-electron chi connectivity index (χ4n) is 2.43. The molecule has 0 fully saturated rings. The molecule has 0 aliphatic carbocycles. The Morgan fingerprint density at radius 2 is 1.79 bits per heavy atom. The number of rotatable bonds is 4. The van der Waals surface area contributed by atoms with Crippen LogP contribution in [0.1, 0.15) is 15.2 Å². The fraction of sp³-hybridized carbons (Fsp3) is 0.167. The third kappa shape index (κ3) is 3.05. The summed E-state index contributed by atoms with van der Waals surface area (Å²) in [5.41, 5.74) is 1.49. The lowest BCUT2D eigenvalue weighted by Crippen LogP contribution is -2.11. The van der Waals surface area contributed by atoms with Crippen molar-refractivity contribution >= 4 is 33.0 Å². The summed E-state index contributed by atoms with van der Waals surface area (Å²) >= 11 is 1.32. The highest BCUT2D eigenvalue weighted by atomic mass is 32.1. The summed E-state index contributed by atoms with van der Waals surface area (Å²) in [7, 11) is 3.10. The zero-order valence-electron chi connectivity index (χ0n) is 13.5. The van der Waals surface area contributed by atoms with Gasteiger partial charge in [-0.3, -0.25) is 4.79 Å². The van der Waals surface area contributed by atoms with Crippen molar-refractivity contribution in [3.63, 3.8) is 0 Å². The van der Waals surface area contributed by atoms with Gasteiger partial charge in [-0.2, -0.15) is 0 Å². The normalized spacial score (nSPS) is 10.7. The molecule has 3 rings (SSSR count). The second-order valence-corrected chi connectivity index (χ2v) is 6.35. The van der Waals surface area contributed by atoms with E-state index in [4.69, 9.17) is 9.47 Å². The SMILES string of the molecule is COc1cc(C)c(NC(=O)c2cc3cc(F)ccc3s2)cc1OC. The van der Waals surface area contributed by atoms with Crippen molar-refractivity contribution in [3.05, 3.63) is 52.7 Å². The number of fused-ring (bicyclic) bond motifs is 1. The first kappa shape index (κ1) is 16.3. The molecule has 6 heteroatoms. The first-order valence-corrected chi connectivity index (χ1v) is 8.06. The van der Waals surface area contributed by atoms with Crippen molar-refractivity contribution in [3.8, 4) is 11.5 Å². The Balaban J connectivity index is 1.90. The molecule has 2 aromatic carbocycles. The third-order valence-corrected chi connectivity index (χ3v) is 4.80. The molecule has 1 heterocycles. The van der Waals surface area contributed by atoms with Gasteiger partial charge in [0.2, 0.25) is 0 Å². The number of thiophene rings is 1. The second kappa shape index (κ2) is 6.49. The molecule has 1 N–H and O–H groups in total. The maximum atomic E-state index is 13.3. The molecule has 0 aliphatic rings. The van der Waals surface area contributed by atoms with Crippen molar-refractivity contribution in [1.82, 2.24) is 0 Å². The highest BCUT2D eigenvalue weighted by molar-refractivity contribution is 7.20. The van der Waals surface area contributed by atoms with Gasteiger partial charge >= 0.3 is 0 Å². The van der Waals surface area contributed by atoms with E-state index >= 15 is 0 Å². The molecule has 0 radical (unpaired) electrons. The Morgan fingerprint density at radius 3 is 2.50 bits per heavy atom. The van der Waals surface area contributed by atoms with Crippen LogP contribution in [0, 0.1) is 12.7 Å². The van der Waals surface area contributed by atoms with Crippen LogP contribution >= 0.6 is 11.3 Å². The molecule has 24 heavy (non-hydrogen) atoms. The van der Waals surface area contributed by atoms with E-state index in [1.807, 2.05) is 6.92 Å². The number of anilines is 1. The van der Waals surface area contributed by atoms with Crippen molar-refractivity contribution in [1.29, 1.82) is 0 Å². The van der Waals surface area contributed by atoms with E-state index < -0.39 is 0 Å². The number of carbonyl (C=O) groups excluding carboxylic acids is 1. The lowest BCUT2D eigenvalue weighted by molar-refractivity contribution is 0.103. The quantitative estimate of drug-likeness (QED) is 0.751. The Hall–Kier alpha value is -2.60. The van der Waals surface area contributed by atoms with Crippen molar-refractivity contribution in [2.45, 2.75) is 6.92 Å². The first-order chi connectivity index (χ1) is 11.5. The van der Waals surface area contributed by atoms with Crippen molar-refractivity contribution in [2.24, 2.45) is 0 Å². The molecular weight excluding hydrogens is 329 g/mol. The zero-order chi connectivity index (χ0) is 17.3. The molecule has 0 unspecified atom stereocenters. The van der Waals surface area contributed by atoms with Crippen molar-refractivity contribution < 1.29 is 18.7 Å². The van der Waals surface area contributed by atoms with Gasteiger partial charge in [0.1, 0.15) is 5.82 Å². The van der Waals surface area contributed by atoms with E-state index in [1.54, 1.807) is 38.5 Å². The largest absolute Gasteiger partial charge is 0.493 e. The van der Waals surface area contributed by atoms with Gasteiger partial charge < -0.3 is 14.8 Å². The molecule has 0 saturated heterocycles. The summed E-state index contributed by atoms with van der Waals surface area (Å²) in [5, 5.41) is 3.59. The Kier molecular flexibility index (Phi) is 4.40. The topological polar surface area (TPSA) is 47.6 Å². The van der Waals surface area contributed by atoms with E-state index in [2.05, 4.69) is 5.32 Å². The summed E-state index contributed by atoms with van der Waals surface area (Å²) in [6, 6.07) is 9.69. The van der Waals surface area contributed by atoms with Gasteiger partial charge in [-0.05, 0) is 48.2 Å². The molecule has 1 aromatic heterocycles. The molecule has 0 atom stereocenters. The predicted octanol–water partition coefficient (Wildman–Crippen LogP) is 4.62. The molecule has 0 saturated carbocycles. The van der Waals surface area contributed by atoms with E-state index in [9.17, 15) is 9.18 Å². The lowest BCUT2D eigenvalue weighted by atomic mass is 10.1. The molecule has 4 nitrogen and oxygen atoms in total. The molecule has 3 aromatic rings. The number of ether oxygens (including phenoxy) is 2. The van der Waals surface area contributed by atoms with E-state index in [0.29, 0.717) is 27.4 Å². The lowest BCUT2D eigenvalue weighted by Gasteiger charge is -2.13. The van der Waals surface area contributed by atoms with Crippen LogP contribution in [0.3, 0.4) is 0 Å². The van der Waals surface area contributed by atoms with Crippen LogP contribution < -0.4 is 14.8 Å². The van der Waals surface area contributed by atoms with Gasteiger partial charge in [0.05, 0.1) is 19.1 Å². The molecule has 124 valence electrons. The zero-order valence-corrected chi connectivity index (χ0v) is 14.3. The van der Waals surface area contributed by atoms with Crippen LogP contribution in [0.15, 0.2) is 36.4 Å². The highest BCUT2D eigenvalue weighted by Gasteiger charge is 2.14. The van der Waals surface area contributed by atoms with Gasteiger partial charge in [0.25, 0.3) is 5.91 Å². The third-order valence-electron chi connectivity index (χ3n) is 3.68. The van der Waals surface area contributed by atoms with Crippen LogP contribution in [-0.2, 0) is 0 Å². The average Bonchev–Trinajstić information content (AvgIpc) is 2.99. The van der Waals surface area contributed by atoms with E-state index in [-0.39, 0.29) is 11.7 Å². The Labute approximate surface area is 142 Å². The summed E-state index contributed by atoms with van der Waals surface area (Å²) in [6.07, 6.45) is 0. The van der Waals surface area contributed by atoms with Crippen molar-refractivity contribution in [2.75, 3.05) is 19.5 Å². The van der Waals surface area contributed by atoms with Gasteiger partial charge in [-0.25, -0.2) is 4.39 Å². The monoisotopic (exact) mass is 345 g/mol. The number of amides is 1. The molecular formula is C18H16FNO3S. The van der Waals surface area contributed by atoms with E-state index in [1.165, 1.54) is 23.5 Å². The van der Waals surface area contributed by atoms with Gasteiger partial charge in [0, 0.05) is 16.5 Å². The standard InChI is InChI=1S/C18H16FNO3S/c1-10-6-14(22-2)15(23-3)9-13(10)20-18(21)17-8-11-7-12(19)4-5-16(11)24-17/h4-9H,1-3H3,(H,20,21). The minimum atomic E-state index is -0.317. The number of hydrogen-bond acceptors (Lipinski definition) is 4. The molecule has 1 amide bonds. The summed E-state index contributed by atoms with van der Waals surface area (Å²) in [5.74, 6) is 0.581. The van der Waals surface area contributed by atoms with Crippen LogP contribution in [0.4, 0.5) is 10.1 Å². The maximum Gasteiger partial charge on any atom is 0.265 e. The highest BCUT2D eigenvalue weighted by Crippen LogP contribution is 2.34. The Morgan fingerprint density at radius 1 is 1.08 bits per heavy atom. The number of aryl methyl sites for hydroxylation is 1. The number of nitrogens with one attached hydrogen (secondary N) is 1. The average molecular weight is 345 g/mol. The maximum absolute atomic E-state index is 13.3. The number of methoxy groups -OCH3 is 2. The minimum absolute atomic E-state index is 0.244. The van der Waals surface area contributed by atoms with Crippen LogP contribution in [0.25, 0.3) is 10.1 Å². The molecule has 0 spiro atoms. The summed E-state index contributed by atoms with van der Waals surface area (Å²) in [4.78, 5) is 13.0. The molecule has 0 aliphatic heterocycles. The smallest absolute Gasteiger partial charge is 0.265 e. The van der Waals surface area contributed by atoms with Gasteiger partial charge in [0.15, 0.2) is 11.5 Å². The first-order valence-electron chi connectivity index (χ1n) is 7.25. The van der Waals surface area contributed by atoms with Crippen LogP contribution in [-0.4, -0.2) is 20.1 Å². The summed E-state index contributed by atoms with van der Waals surface area (Å²) < 4.78 is 24.7. The Bertz CT molecular complexity index is 920. The number of carbonyl (C=O) groups is 1. The fourth-order valence-corrected chi connectivity index (χ4v) is 3.36. The van der Waals surface area contributed by atoms with Crippen LogP contribution in [0.5, 0.6) is 11.5 Å². The number of halogens is 1. The van der Waals surface area contributed by atoms with Gasteiger partial charge in [-0.1, -0.05) is 0 Å². The summed E-state index contributed by atoms with van der Waals surface area (Å²) in [6.45, 7) is 1.87. The number of benzene rings is 2. The minimum Gasteiger partial charge on any atom is -0.493 e. The number of hydrogen-bond donors (Lipinski definition) is 1. The van der Waals surface area contributed by atoms with E-state index in [0.717, 1.165) is 10.3 Å². The van der Waals surface area contributed by atoms with Crippen LogP contribution in [0.2, 0.25) is 0 Å².